The molecular formula is C23H30N2O3S. The van der Waals surface area contributed by atoms with Crippen LogP contribution in [0.3, 0.4) is 0 Å². The number of thiophene rings is 1. The van der Waals surface area contributed by atoms with Gasteiger partial charge in [0.25, 0.3) is 0 Å². The third-order valence-corrected chi connectivity index (χ3v) is 6.65. The number of likely N-dealkylation sites (tertiary alicyclic amines) is 1. The number of ketones is 1. The Bertz CT molecular complexity index is 774. The highest BCUT2D eigenvalue weighted by Gasteiger charge is 2.28. The fourth-order valence-corrected chi connectivity index (χ4v) is 4.86. The number of carbonyl (C=O) groups is 1. The van der Waals surface area contributed by atoms with Crippen LogP contribution in [0, 0.1) is 0 Å². The van der Waals surface area contributed by atoms with Crippen LogP contribution in [-0.2, 0) is 4.74 Å². The van der Waals surface area contributed by atoms with E-state index in [1.807, 2.05) is 23.6 Å². The van der Waals surface area contributed by atoms with Gasteiger partial charge < -0.3 is 9.47 Å². The van der Waals surface area contributed by atoms with E-state index in [-0.39, 0.29) is 5.78 Å². The summed E-state index contributed by atoms with van der Waals surface area (Å²) in [5.41, 5.74) is 1.26. The van der Waals surface area contributed by atoms with Crippen molar-refractivity contribution in [2.24, 2.45) is 0 Å². The topological polar surface area (TPSA) is 42.0 Å². The highest BCUT2D eigenvalue weighted by molar-refractivity contribution is 7.12. The van der Waals surface area contributed by atoms with Crippen molar-refractivity contribution in [1.82, 2.24) is 9.80 Å². The third-order valence-electron chi connectivity index (χ3n) is 5.74. The maximum atomic E-state index is 12.5. The number of nitrogens with zero attached hydrogens (tertiary/aromatic N) is 2. The Labute approximate surface area is 177 Å². The van der Waals surface area contributed by atoms with E-state index in [1.54, 1.807) is 0 Å². The van der Waals surface area contributed by atoms with Crippen LogP contribution < -0.4 is 4.74 Å². The molecule has 2 aromatic rings. The molecule has 1 unspecified atom stereocenters. The number of Topliss-reactive ketones (excluding diaryl/α,β-unsaturated/α-hetero) is 1. The Morgan fingerprint density at radius 2 is 2.07 bits per heavy atom. The van der Waals surface area contributed by atoms with Gasteiger partial charge in [0.15, 0.2) is 5.78 Å². The van der Waals surface area contributed by atoms with Crippen molar-refractivity contribution in [2.45, 2.75) is 25.3 Å². The van der Waals surface area contributed by atoms with Crippen LogP contribution in [0.25, 0.3) is 0 Å². The molecule has 1 aromatic carbocycles. The van der Waals surface area contributed by atoms with Crippen molar-refractivity contribution in [1.29, 1.82) is 0 Å². The van der Waals surface area contributed by atoms with Crippen molar-refractivity contribution in [3.05, 3.63) is 52.2 Å². The number of benzene rings is 1. The Balaban J connectivity index is 1.29. The van der Waals surface area contributed by atoms with Crippen molar-refractivity contribution in [3.63, 3.8) is 0 Å². The average molecular weight is 415 g/mol. The zero-order valence-corrected chi connectivity index (χ0v) is 17.7. The number of morpholine rings is 1. The van der Waals surface area contributed by atoms with E-state index in [0.29, 0.717) is 12.6 Å². The second-order valence-corrected chi connectivity index (χ2v) is 8.71. The summed E-state index contributed by atoms with van der Waals surface area (Å²) in [4.78, 5) is 18.2. The van der Waals surface area contributed by atoms with E-state index in [4.69, 9.17) is 9.47 Å². The van der Waals surface area contributed by atoms with E-state index < -0.39 is 0 Å². The molecule has 0 spiro atoms. The van der Waals surface area contributed by atoms with Gasteiger partial charge in [-0.05, 0) is 54.9 Å². The lowest BCUT2D eigenvalue weighted by atomic mass is 10.0. The van der Waals surface area contributed by atoms with Crippen molar-refractivity contribution < 1.29 is 14.3 Å². The van der Waals surface area contributed by atoms with Crippen LogP contribution in [0.1, 0.15) is 40.5 Å². The van der Waals surface area contributed by atoms with Crippen molar-refractivity contribution >= 4 is 17.1 Å². The van der Waals surface area contributed by atoms with E-state index >= 15 is 0 Å². The Hall–Kier alpha value is -1.73. The Kier molecular flexibility index (Phi) is 7.33. The second-order valence-electron chi connectivity index (χ2n) is 7.76. The lowest BCUT2D eigenvalue weighted by molar-refractivity contribution is 0.0358. The van der Waals surface area contributed by atoms with Gasteiger partial charge in [-0.25, -0.2) is 0 Å². The van der Waals surface area contributed by atoms with Gasteiger partial charge >= 0.3 is 0 Å². The van der Waals surface area contributed by atoms with Crippen LogP contribution >= 0.6 is 11.3 Å². The maximum absolute atomic E-state index is 12.5. The minimum atomic E-state index is 0.224. The van der Waals surface area contributed by atoms with Gasteiger partial charge in [0.05, 0.1) is 31.2 Å². The largest absolute Gasteiger partial charge is 0.494 e. The quantitative estimate of drug-likeness (QED) is 0.460. The number of hydrogen-bond acceptors (Lipinski definition) is 6. The summed E-state index contributed by atoms with van der Waals surface area (Å²) in [6.45, 7) is 7.00. The smallest absolute Gasteiger partial charge is 0.186 e. The minimum Gasteiger partial charge on any atom is -0.494 e. The summed E-state index contributed by atoms with van der Waals surface area (Å²) < 4.78 is 11.4. The number of ether oxygens (including phenoxy) is 2. The van der Waals surface area contributed by atoms with E-state index in [1.165, 1.54) is 16.9 Å². The predicted octanol–water partition coefficient (Wildman–Crippen LogP) is 3.87. The zero-order chi connectivity index (χ0) is 19.9. The molecular weight excluding hydrogens is 384 g/mol. The van der Waals surface area contributed by atoms with Crippen LogP contribution in [0.2, 0.25) is 0 Å². The Morgan fingerprint density at radius 1 is 1.17 bits per heavy atom. The zero-order valence-electron chi connectivity index (χ0n) is 16.9. The number of rotatable bonds is 9. The first-order valence-electron chi connectivity index (χ1n) is 10.6. The SMILES string of the molecule is O=C(CN1CCCC1c1cccc(OCCCN2CCOCC2)c1)c1cccs1. The molecule has 0 N–H and O–H groups in total. The first-order valence-corrected chi connectivity index (χ1v) is 11.5. The molecule has 6 heteroatoms. The summed E-state index contributed by atoms with van der Waals surface area (Å²) in [6, 6.07) is 12.6. The Morgan fingerprint density at radius 3 is 2.90 bits per heavy atom. The summed E-state index contributed by atoms with van der Waals surface area (Å²) in [7, 11) is 0. The van der Waals surface area contributed by atoms with E-state index in [2.05, 4.69) is 28.0 Å². The molecule has 0 radical (unpaired) electrons. The van der Waals surface area contributed by atoms with Gasteiger partial charge in [-0.3, -0.25) is 14.6 Å². The highest BCUT2D eigenvalue weighted by Crippen LogP contribution is 2.33. The molecule has 156 valence electrons. The van der Waals surface area contributed by atoms with Crippen molar-refractivity contribution in [3.8, 4) is 5.75 Å². The molecule has 2 aliphatic rings. The van der Waals surface area contributed by atoms with Gasteiger partial charge in [-0.15, -0.1) is 11.3 Å². The van der Waals surface area contributed by atoms with Gasteiger partial charge in [0.2, 0.25) is 0 Å². The molecule has 2 fully saturated rings. The van der Waals surface area contributed by atoms with E-state index in [9.17, 15) is 4.79 Å². The van der Waals surface area contributed by atoms with Crippen LogP contribution in [-0.4, -0.2) is 68.1 Å². The lowest BCUT2D eigenvalue weighted by Gasteiger charge is -2.26. The standard InChI is InChI=1S/C23H30N2O3S/c26-22(23-8-3-16-29-23)18-25-10-2-7-21(25)19-5-1-6-20(17-19)28-13-4-9-24-11-14-27-15-12-24/h1,3,5-6,8,16-17,21H,2,4,7,9-15,18H2. The highest BCUT2D eigenvalue weighted by atomic mass is 32.1. The lowest BCUT2D eigenvalue weighted by Crippen LogP contribution is -2.37. The normalized spacial score (nSPS) is 20.8. The summed E-state index contributed by atoms with van der Waals surface area (Å²) in [5, 5.41) is 1.97. The second kappa shape index (κ2) is 10.3. The van der Waals surface area contributed by atoms with Gasteiger partial charge in [-0.1, -0.05) is 18.2 Å². The van der Waals surface area contributed by atoms with Crippen LogP contribution in [0.4, 0.5) is 0 Å². The van der Waals surface area contributed by atoms with E-state index in [0.717, 1.165) is 75.9 Å². The summed E-state index contributed by atoms with van der Waals surface area (Å²) in [5.74, 6) is 1.16. The average Bonchev–Trinajstić information content (AvgIpc) is 3.44. The monoisotopic (exact) mass is 414 g/mol. The molecule has 0 amide bonds. The molecule has 0 bridgehead atoms. The van der Waals surface area contributed by atoms with Gasteiger partial charge in [0.1, 0.15) is 5.75 Å². The third kappa shape index (κ3) is 5.66. The van der Waals surface area contributed by atoms with Crippen molar-refractivity contribution in [2.75, 3.05) is 52.5 Å². The first-order chi connectivity index (χ1) is 14.3. The fourth-order valence-electron chi connectivity index (χ4n) is 4.21. The number of carbonyl (C=O) groups excluding carboxylic acids is 1. The van der Waals surface area contributed by atoms with Gasteiger partial charge in [-0.2, -0.15) is 0 Å². The summed E-state index contributed by atoms with van der Waals surface area (Å²) >= 11 is 1.53. The van der Waals surface area contributed by atoms with Gasteiger partial charge in [0, 0.05) is 25.7 Å². The molecule has 1 aromatic heterocycles. The molecule has 3 heterocycles. The molecule has 5 nitrogen and oxygen atoms in total. The minimum absolute atomic E-state index is 0.224. The van der Waals surface area contributed by atoms with Crippen LogP contribution in [0.15, 0.2) is 41.8 Å². The molecule has 2 saturated heterocycles. The predicted molar refractivity (Wildman–Crippen MR) is 116 cm³/mol. The number of hydrogen-bond donors (Lipinski definition) is 0. The first kappa shape index (κ1) is 20.5. The fraction of sp³-hybridized carbons (Fsp3) is 0.522. The molecule has 4 rings (SSSR count). The maximum Gasteiger partial charge on any atom is 0.186 e. The molecule has 0 saturated carbocycles. The molecule has 1 atom stereocenters. The van der Waals surface area contributed by atoms with Crippen LogP contribution in [0.5, 0.6) is 5.75 Å². The molecule has 29 heavy (non-hydrogen) atoms. The summed E-state index contributed by atoms with van der Waals surface area (Å²) in [6.07, 6.45) is 3.25. The molecule has 0 aliphatic carbocycles. The molecule has 2 aliphatic heterocycles.